The van der Waals surface area contributed by atoms with Crippen LogP contribution < -0.4 is 10.6 Å². The third kappa shape index (κ3) is 9.50. The van der Waals surface area contributed by atoms with E-state index in [0.717, 1.165) is 99.9 Å². The summed E-state index contributed by atoms with van der Waals surface area (Å²) < 4.78 is 6.02. The minimum Gasteiger partial charge on any atom is -0.379 e. The van der Waals surface area contributed by atoms with E-state index in [1.54, 1.807) is 6.20 Å². The molecular weight excluding hydrogens is 510 g/mol. The van der Waals surface area contributed by atoms with Gasteiger partial charge in [0.25, 0.3) is 0 Å². The molecule has 0 atom stereocenters. The van der Waals surface area contributed by atoms with Gasteiger partial charge in [0.1, 0.15) is 5.82 Å². The molecule has 0 aliphatic carbocycles. The third-order valence-electron chi connectivity index (χ3n) is 6.17. The molecule has 3 aliphatic heterocycles. The van der Waals surface area contributed by atoms with Crippen LogP contribution >= 0.6 is 15.9 Å². The highest BCUT2D eigenvalue weighted by Gasteiger charge is 2.17. The summed E-state index contributed by atoms with van der Waals surface area (Å²) in [4.78, 5) is 29.5. The lowest BCUT2D eigenvalue weighted by molar-refractivity contribution is -0.133. The largest absolute Gasteiger partial charge is 0.379 e. The summed E-state index contributed by atoms with van der Waals surface area (Å²) in [7, 11) is 0. The summed E-state index contributed by atoms with van der Waals surface area (Å²) >= 11 is 3.49. The number of nitrogens with one attached hydrogen (secondary N) is 2. The topological polar surface area (TPSA) is 95.0 Å². The number of aromatic nitrogens is 2. The maximum absolute atomic E-state index is 11.8. The molecule has 0 unspecified atom stereocenters. The number of hydrogen-bond acceptors (Lipinski definition) is 8. The average Bonchev–Trinajstić information content (AvgIpc) is 2.87. The number of piperidine rings is 1. The second-order valence-corrected chi connectivity index (χ2v) is 9.82. The lowest BCUT2D eigenvalue weighted by atomic mass is 10.1. The van der Waals surface area contributed by atoms with Gasteiger partial charge in [-0.3, -0.25) is 14.7 Å². The van der Waals surface area contributed by atoms with Crippen molar-refractivity contribution in [2.45, 2.75) is 52.4 Å². The number of likely N-dealkylation sites (tertiary alicyclic amines) is 1. The van der Waals surface area contributed by atoms with Gasteiger partial charge in [0.05, 0.1) is 29.1 Å². The average molecular weight is 551 g/mol. The smallest absolute Gasteiger partial charge is 0.229 e. The van der Waals surface area contributed by atoms with E-state index in [-0.39, 0.29) is 5.91 Å². The number of allylic oxidation sites excluding steroid dienone is 1. The SMILES string of the molecule is CC1=NCCC=C1Nc1ncc(Br)c(NCCCN2CCCCC2=O)n1.CCCN1CCOCC1. The van der Waals surface area contributed by atoms with Crippen molar-refractivity contribution in [3.8, 4) is 0 Å². The molecule has 3 aliphatic rings. The van der Waals surface area contributed by atoms with Gasteiger partial charge in [-0.25, -0.2) is 4.98 Å². The van der Waals surface area contributed by atoms with Crippen molar-refractivity contribution in [2.75, 3.05) is 69.7 Å². The van der Waals surface area contributed by atoms with E-state index in [2.05, 4.69) is 59.4 Å². The van der Waals surface area contributed by atoms with E-state index in [0.29, 0.717) is 12.4 Å². The summed E-state index contributed by atoms with van der Waals surface area (Å²) in [6.07, 6.45) is 9.77. The number of anilines is 2. The Labute approximate surface area is 217 Å². The molecule has 2 saturated heterocycles. The zero-order valence-corrected chi connectivity index (χ0v) is 22.8. The number of hydrogen-bond donors (Lipinski definition) is 2. The Morgan fingerprint density at radius 3 is 2.74 bits per heavy atom. The first kappa shape index (κ1) is 27.5. The van der Waals surface area contributed by atoms with Crippen LogP contribution in [-0.2, 0) is 9.53 Å². The maximum Gasteiger partial charge on any atom is 0.229 e. The molecule has 4 rings (SSSR count). The molecule has 2 N–H and O–H groups in total. The molecule has 4 heterocycles. The molecule has 0 bridgehead atoms. The Hall–Kier alpha value is -2.04. The van der Waals surface area contributed by atoms with Crippen LogP contribution in [0.5, 0.6) is 0 Å². The number of ether oxygens (including phenoxy) is 1. The van der Waals surface area contributed by atoms with Gasteiger partial charge in [-0.1, -0.05) is 13.0 Å². The molecule has 1 aromatic rings. The molecule has 35 heavy (non-hydrogen) atoms. The molecule has 9 nitrogen and oxygen atoms in total. The van der Waals surface area contributed by atoms with E-state index in [1.165, 1.54) is 13.0 Å². The number of aliphatic imine (C=N–C) groups is 1. The van der Waals surface area contributed by atoms with E-state index < -0.39 is 0 Å². The summed E-state index contributed by atoms with van der Waals surface area (Å²) in [5.41, 5.74) is 1.94. The van der Waals surface area contributed by atoms with Crippen molar-refractivity contribution in [2.24, 2.45) is 4.99 Å². The Morgan fingerprint density at radius 2 is 2.00 bits per heavy atom. The molecule has 0 spiro atoms. The van der Waals surface area contributed by atoms with Crippen LogP contribution in [0.4, 0.5) is 11.8 Å². The molecule has 1 aromatic heterocycles. The summed E-state index contributed by atoms with van der Waals surface area (Å²) in [6.45, 7) is 12.8. The first-order chi connectivity index (χ1) is 17.1. The minimum absolute atomic E-state index is 0.281. The fourth-order valence-corrected chi connectivity index (χ4v) is 4.53. The van der Waals surface area contributed by atoms with Gasteiger partial charge in [0, 0.05) is 51.9 Å². The van der Waals surface area contributed by atoms with E-state index >= 15 is 0 Å². The Balaban J connectivity index is 0.000000320. The predicted octanol–water partition coefficient (Wildman–Crippen LogP) is 3.94. The molecule has 0 radical (unpaired) electrons. The number of carbonyl (C=O) groups excluding carboxylic acids is 1. The summed E-state index contributed by atoms with van der Waals surface area (Å²) in [5.74, 6) is 1.58. The summed E-state index contributed by atoms with van der Waals surface area (Å²) in [6, 6.07) is 0. The number of nitrogens with zero attached hydrogens (tertiary/aromatic N) is 5. The Kier molecular flexibility index (Phi) is 11.9. The fourth-order valence-electron chi connectivity index (χ4n) is 4.20. The van der Waals surface area contributed by atoms with Crippen LogP contribution in [0, 0.1) is 0 Å². The number of dihydropyridines is 1. The molecular formula is C25H40BrN7O2. The van der Waals surface area contributed by atoms with Crippen LogP contribution in [-0.4, -0.2) is 90.4 Å². The van der Waals surface area contributed by atoms with Crippen LogP contribution in [0.2, 0.25) is 0 Å². The first-order valence-corrected chi connectivity index (χ1v) is 13.7. The van der Waals surface area contributed by atoms with Gasteiger partial charge >= 0.3 is 0 Å². The monoisotopic (exact) mass is 549 g/mol. The molecule has 1 amide bonds. The molecule has 0 aromatic carbocycles. The number of halogens is 1. The molecule has 10 heteroatoms. The highest BCUT2D eigenvalue weighted by molar-refractivity contribution is 9.10. The van der Waals surface area contributed by atoms with Gasteiger partial charge < -0.3 is 20.3 Å². The minimum atomic E-state index is 0.281. The van der Waals surface area contributed by atoms with Gasteiger partial charge in [-0.2, -0.15) is 4.98 Å². The molecule has 0 saturated carbocycles. The van der Waals surface area contributed by atoms with Gasteiger partial charge in [-0.15, -0.1) is 0 Å². The van der Waals surface area contributed by atoms with E-state index in [1.807, 2.05) is 11.8 Å². The Bertz CT molecular complexity index is 869. The van der Waals surface area contributed by atoms with Crippen LogP contribution in [0.3, 0.4) is 0 Å². The van der Waals surface area contributed by atoms with Gasteiger partial charge in [-0.05, 0) is 61.5 Å². The summed E-state index contributed by atoms with van der Waals surface area (Å²) in [5, 5.41) is 6.57. The second-order valence-electron chi connectivity index (χ2n) is 8.96. The van der Waals surface area contributed by atoms with E-state index in [4.69, 9.17) is 4.74 Å². The number of amides is 1. The van der Waals surface area contributed by atoms with Crippen molar-refractivity contribution < 1.29 is 9.53 Å². The highest BCUT2D eigenvalue weighted by atomic mass is 79.9. The lowest BCUT2D eigenvalue weighted by Gasteiger charge is -2.26. The third-order valence-corrected chi connectivity index (χ3v) is 6.75. The molecule has 2 fully saturated rings. The van der Waals surface area contributed by atoms with Gasteiger partial charge in [0.15, 0.2) is 0 Å². The van der Waals surface area contributed by atoms with E-state index in [9.17, 15) is 4.79 Å². The lowest BCUT2D eigenvalue weighted by Crippen LogP contribution is -2.36. The number of rotatable bonds is 9. The van der Waals surface area contributed by atoms with Gasteiger partial charge in [0.2, 0.25) is 11.9 Å². The van der Waals surface area contributed by atoms with Crippen molar-refractivity contribution in [1.82, 2.24) is 19.8 Å². The first-order valence-electron chi connectivity index (χ1n) is 12.9. The normalized spacial score (nSPS) is 18.8. The zero-order valence-electron chi connectivity index (χ0n) is 21.2. The van der Waals surface area contributed by atoms with Crippen molar-refractivity contribution in [3.05, 3.63) is 22.4 Å². The van der Waals surface area contributed by atoms with Crippen LogP contribution in [0.1, 0.15) is 52.4 Å². The fraction of sp³-hybridized carbons (Fsp3) is 0.680. The van der Waals surface area contributed by atoms with Crippen LogP contribution in [0.25, 0.3) is 0 Å². The van der Waals surface area contributed by atoms with Crippen LogP contribution in [0.15, 0.2) is 27.4 Å². The second kappa shape index (κ2) is 15.2. The Morgan fingerprint density at radius 1 is 1.17 bits per heavy atom. The number of carbonyl (C=O) groups is 1. The standard InChI is InChI=1S/C18H25BrN6O.C7H15NO/c1-13-15(6-4-8-20-13)23-18-22-12-14(19)17(24-18)21-9-5-11-25-10-3-2-7-16(25)26;1-2-3-8-4-6-9-7-5-8/h6,12H,2-5,7-11H2,1H3,(H2,21,22,23,24);2-7H2,1H3. The highest BCUT2D eigenvalue weighted by Crippen LogP contribution is 2.21. The predicted molar refractivity (Wildman–Crippen MR) is 145 cm³/mol. The zero-order chi connectivity index (χ0) is 24.9. The molecule has 194 valence electrons. The maximum atomic E-state index is 11.8. The quantitative estimate of drug-likeness (QED) is 0.450. The van der Waals surface area contributed by atoms with Crippen molar-refractivity contribution in [1.29, 1.82) is 0 Å². The van der Waals surface area contributed by atoms with Crippen molar-refractivity contribution >= 4 is 39.3 Å². The van der Waals surface area contributed by atoms with Crippen molar-refractivity contribution in [3.63, 3.8) is 0 Å². The number of morpholine rings is 1.